The zero-order valence-electron chi connectivity index (χ0n) is 8.50. The smallest absolute Gasteiger partial charge is 0.130 e. The summed E-state index contributed by atoms with van der Waals surface area (Å²) < 4.78 is 5.56. The van der Waals surface area contributed by atoms with Gasteiger partial charge in [0.15, 0.2) is 0 Å². The minimum atomic E-state index is 0.260. The summed E-state index contributed by atoms with van der Waals surface area (Å²) in [7, 11) is 1.71. The van der Waals surface area contributed by atoms with Gasteiger partial charge in [0.25, 0.3) is 0 Å². The molecule has 0 aliphatic carbocycles. The summed E-state index contributed by atoms with van der Waals surface area (Å²) in [6, 6.07) is 0. The van der Waals surface area contributed by atoms with E-state index >= 15 is 0 Å². The first-order valence-corrected chi connectivity index (χ1v) is 4.39. The first kappa shape index (κ1) is 11.2. The number of aliphatic imine (C=N–C) groups is 1. The number of nitrogens with zero attached hydrogens (tertiary/aromatic N) is 1. The third kappa shape index (κ3) is 4.16. The van der Waals surface area contributed by atoms with Crippen molar-refractivity contribution in [1.29, 1.82) is 0 Å². The van der Waals surface area contributed by atoms with Gasteiger partial charge in [-0.15, -0.1) is 0 Å². The van der Waals surface area contributed by atoms with E-state index in [4.69, 9.17) is 4.74 Å². The summed E-state index contributed by atoms with van der Waals surface area (Å²) in [6.45, 7) is 10.1. The van der Waals surface area contributed by atoms with Gasteiger partial charge in [-0.05, 0) is 12.3 Å². The van der Waals surface area contributed by atoms with E-state index in [0.717, 1.165) is 6.42 Å². The lowest BCUT2D eigenvalue weighted by Gasteiger charge is -2.20. The van der Waals surface area contributed by atoms with Gasteiger partial charge in [0.2, 0.25) is 0 Å². The number of hydrogen-bond acceptors (Lipinski definition) is 2. The summed E-state index contributed by atoms with van der Waals surface area (Å²) in [5, 5.41) is 0. The maximum absolute atomic E-state index is 5.56. The van der Waals surface area contributed by atoms with Crippen molar-refractivity contribution in [3.63, 3.8) is 0 Å². The van der Waals surface area contributed by atoms with E-state index in [1.54, 1.807) is 13.3 Å². The predicted octanol–water partition coefficient (Wildman–Crippen LogP) is 2.65. The summed E-state index contributed by atoms with van der Waals surface area (Å²) in [4.78, 5) is 3.83. The van der Waals surface area contributed by atoms with E-state index in [9.17, 15) is 0 Å². The molecule has 1 atom stereocenters. The minimum Gasteiger partial charge on any atom is -0.489 e. The van der Waals surface area contributed by atoms with Crippen LogP contribution in [0.3, 0.4) is 0 Å². The Morgan fingerprint density at radius 2 is 2.17 bits per heavy atom. The molecule has 0 N–H and O–H groups in total. The molecule has 0 spiro atoms. The zero-order chi connectivity index (χ0) is 9.56. The van der Waals surface area contributed by atoms with Gasteiger partial charge in [-0.25, -0.2) is 0 Å². The van der Waals surface area contributed by atoms with Crippen molar-refractivity contribution in [3.05, 3.63) is 12.3 Å². The molecular weight excluding hydrogens is 150 g/mol. The molecule has 0 aromatic carbocycles. The van der Waals surface area contributed by atoms with Crippen LogP contribution < -0.4 is 0 Å². The fraction of sp³-hybridized carbons (Fsp3) is 0.700. The Hall–Kier alpha value is -0.790. The Morgan fingerprint density at radius 3 is 2.50 bits per heavy atom. The van der Waals surface area contributed by atoms with Crippen LogP contribution in [-0.4, -0.2) is 19.4 Å². The van der Waals surface area contributed by atoms with Gasteiger partial charge in [0.05, 0.1) is 6.21 Å². The quantitative estimate of drug-likeness (QED) is 0.458. The van der Waals surface area contributed by atoms with Gasteiger partial charge in [0, 0.05) is 7.05 Å². The van der Waals surface area contributed by atoms with Crippen molar-refractivity contribution in [3.8, 4) is 0 Å². The number of rotatable bonds is 5. The van der Waals surface area contributed by atoms with Crippen molar-refractivity contribution < 1.29 is 4.74 Å². The standard InChI is InChI=1S/C10H19NO/c1-6-10(8(2)3)12-9(4)7-11-5/h7-8,10H,4,6H2,1-3,5H3. The van der Waals surface area contributed by atoms with Gasteiger partial charge in [0.1, 0.15) is 11.9 Å². The van der Waals surface area contributed by atoms with Crippen LogP contribution in [0.4, 0.5) is 0 Å². The van der Waals surface area contributed by atoms with Crippen molar-refractivity contribution in [2.75, 3.05) is 7.05 Å². The molecule has 70 valence electrons. The SMILES string of the molecule is C=C(C=NC)OC(CC)C(C)C. The third-order valence-electron chi connectivity index (χ3n) is 1.72. The molecule has 12 heavy (non-hydrogen) atoms. The average Bonchev–Trinajstić information content (AvgIpc) is 2.00. The van der Waals surface area contributed by atoms with Crippen LogP contribution in [0.25, 0.3) is 0 Å². The maximum atomic E-state index is 5.56. The highest BCUT2D eigenvalue weighted by Gasteiger charge is 2.11. The summed E-state index contributed by atoms with van der Waals surface area (Å²) >= 11 is 0. The van der Waals surface area contributed by atoms with Gasteiger partial charge >= 0.3 is 0 Å². The Kier molecular flexibility index (Phi) is 5.43. The van der Waals surface area contributed by atoms with Gasteiger partial charge in [-0.3, -0.25) is 4.99 Å². The molecule has 1 unspecified atom stereocenters. The van der Waals surface area contributed by atoms with E-state index in [1.807, 2.05) is 0 Å². The highest BCUT2D eigenvalue weighted by Crippen LogP contribution is 2.12. The van der Waals surface area contributed by atoms with Crippen LogP contribution in [-0.2, 0) is 4.74 Å². The first-order valence-electron chi connectivity index (χ1n) is 4.39. The molecule has 0 saturated carbocycles. The van der Waals surface area contributed by atoms with E-state index in [2.05, 4.69) is 32.3 Å². The van der Waals surface area contributed by atoms with Crippen LogP contribution in [0.5, 0.6) is 0 Å². The highest BCUT2D eigenvalue weighted by molar-refractivity contribution is 5.74. The molecule has 0 radical (unpaired) electrons. The van der Waals surface area contributed by atoms with Crippen LogP contribution in [0.1, 0.15) is 27.2 Å². The molecular formula is C10H19NO. The highest BCUT2D eigenvalue weighted by atomic mass is 16.5. The largest absolute Gasteiger partial charge is 0.489 e. The van der Waals surface area contributed by atoms with Gasteiger partial charge < -0.3 is 4.74 Å². The molecule has 0 aromatic heterocycles. The van der Waals surface area contributed by atoms with Crippen LogP contribution in [0.2, 0.25) is 0 Å². The maximum Gasteiger partial charge on any atom is 0.130 e. The summed E-state index contributed by atoms with van der Waals surface area (Å²) in [6.07, 6.45) is 2.91. The lowest BCUT2D eigenvalue weighted by atomic mass is 10.1. The second kappa shape index (κ2) is 5.81. The molecule has 0 heterocycles. The molecule has 0 rings (SSSR count). The van der Waals surface area contributed by atoms with Crippen LogP contribution >= 0.6 is 0 Å². The summed E-state index contributed by atoms with van der Waals surface area (Å²) in [5.41, 5.74) is 0. The summed E-state index contributed by atoms with van der Waals surface area (Å²) in [5.74, 6) is 1.18. The zero-order valence-corrected chi connectivity index (χ0v) is 8.50. The molecule has 0 aliphatic rings. The molecule has 2 nitrogen and oxygen atoms in total. The molecule has 0 saturated heterocycles. The molecule has 0 aliphatic heterocycles. The monoisotopic (exact) mass is 169 g/mol. The number of allylic oxidation sites excluding steroid dienone is 1. The van der Waals surface area contributed by atoms with E-state index < -0.39 is 0 Å². The third-order valence-corrected chi connectivity index (χ3v) is 1.72. The Morgan fingerprint density at radius 1 is 1.58 bits per heavy atom. The average molecular weight is 169 g/mol. The van der Waals surface area contributed by atoms with Crippen LogP contribution in [0.15, 0.2) is 17.3 Å². The topological polar surface area (TPSA) is 21.6 Å². The molecule has 2 heteroatoms. The van der Waals surface area contributed by atoms with Crippen molar-refractivity contribution >= 4 is 6.21 Å². The Labute approximate surface area is 75.3 Å². The normalized spacial score (nSPS) is 13.8. The molecule has 0 aromatic rings. The predicted molar refractivity (Wildman–Crippen MR) is 53.6 cm³/mol. The van der Waals surface area contributed by atoms with Gasteiger partial charge in [-0.1, -0.05) is 27.4 Å². The van der Waals surface area contributed by atoms with Gasteiger partial charge in [-0.2, -0.15) is 0 Å². The lowest BCUT2D eigenvalue weighted by molar-refractivity contribution is 0.0873. The fourth-order valence-corrected chi connectivity index (χ4v) is 1.06. The van der Waals surface area contributed by atoms with Crippen molar-refractivity contribution in [1.82, 2.24) is 0 Å². The Bertz CT molecular complexity index is 161. The van der Waals surface area contributed by atoms with E-state index in [-0.39, 0.29) is 6.10 Å². The van der Waals surface area contributed by atoms with E-state index in [1.165, 1.54) is 0 Å². The minimum absolute atomic E-state index is 0.260. The number of ether oxygens (including phenoxy) is 1. The first-order chi connectivity index (χ1) is 5.61. The number of hydrogen-bond donors (Lipinski definition) is 0. The Balaban J connectivity index is 3.94. The van der Waals surface area contributed by atoms with Crippen molar-refractivity contribution in [2.45, 2.75) is 33.3 Å². The molecule has 0 fully saturated rings. The fourth-order valence-electron chi connectivity index (χ4n) is 1.06. The molecule has 0 amide bonds. The lowest BCUT2D eigenvalue weighted by Crippen LogP contribution is -2.18. The molecule has 0 bridgehead atoms. The van der Waals surface area contributed by atoms with E-state index in [0.29, 0.717) is 11.7 Å². The second-order valence-corrected chi connectivity index (χ2v) is 3.16. The van der Waals surface area contributed by atoms with Crippen molar-refractivity contribution in [2.24, 2.45) is 10.9 Å². The second-order valence-electron chi connectivity index (χ2n) is 3.16. The van der Waals surface area contributed by atoms with Crippen LogP contribution in [0, 0.1) is 5.92 Å².